The number of rotatable bonds is 6. The van der Waals surface area contributed by atoms with Crippen LogP contribution in [0.3, 0.4) is 0 Å². The van der Waals surface area contributed by atoms with Gasteiger partial charge in [0.05, 0.1) is 29.2 Å². The average Bonchev–Trinajstić information content (AvgIpc) is 3.42. The van der Waals surface area contributed by atoms with Gasteiger partial charge in [-0.05, 0) is 35.2 Å². The second-order valence-electron chi connectivity index (χ2n) is 10.1. The molecule has 9 heteroatoms. The van der Waals surface area contributed by atoms with Crippen molar-refractivity contribution >= 4 is 61.9 Å². The first-order valence-corrected chi connectivity index (χ1v) is 13.8. The maximum atomic E-state index is 14.0. The Kier molecular flexibility index (Phi) is 6.38. The Labute approximate surface area is 217 Å². The number of aliphatic hydroxyl groups excluding tert-OH is 1. The summed E-state index contributed by atoms with van der Waals surface area (Å²) in [4.78, 5) is 42.5. The molecule has 2 bridgehead atoms. The van der Waals surface area contributed by atoms with Crippen molar-refractivity contribution in [2.75, 3.05) is 19.0 Å². The molecular formula is C26H30BrN3O4S. The van der Waals surface area contributed by atoms with Gasteiger partial charge in [0.25, 0.3) is 0 Å². The van der Waals surface area contributed by atoms with Crippen LogP contribution in [0.2, 0.25) is 0 Å². The molecule has 1 spiro atoms. The molecule has 3 aliphatic heterocycles. The largest absolute Gasteiger partial charge is 0.394 e. The van der Waals surface area contributed by atoms with Crippen LogP contribution < -0.4 is 10.6 Å². The third kappa shape index (κ3) is 3.69. The number of fused-ring (bicyclic) bond motifs is 2. The lowest BCUT2D eigenvalue weighted by Gasteiger charge is -2.38. The number of thioether (sulfide) groups is 1. The number of carbonyl (C=O) groups is 3. The Morgan fingerprint density at radius 2 is 1.91 bits per heavy atom. The molecule has 35 heavy (non-hydrogen) atoms. The van der Waals surface area contributed by atoms with Gasteiger partial charge < -0.3 is 20.6 Å². The molecule has 3 saturated heterocycles. The molecule has 0 saturated carbocycles. The predicted molar refractivity (Wildman–Crippen MR) is 141 cm³/mol. The first kappa shape index (κ1) is 24.6. The molecule has 2 aromatic rings. The summed E-state index contributed by atoms with van der Waals surface area (Å²) >= 11 is 5.34. The SMILES string of the molecule is CNC(=O)[C@H]1[C@H]2C(=O)N([C@@H](CO)C(C)C)C(C(=O)Nc3ccc4ccccc4c3)C23CC(Br)[C@@H]1S3. The number of benzene rings is 2. The van der Waals surface area contributed by atoms with Crippen molar-refractivity contribution in [3.8, 4) is 0 Å². The van der Waals surface area contributed by atoms with Crippen molar-refractivity contribution in [1.29, 1.82) is 0 Å². The van der Waals surface area contributed by atoms with Crippen molar-refractivity contribution in [3.63, 3.8) is 0 Å². The molecule has 2 aromatic carbocycles. The van der Waals surface area contributed by atoms with E-state index in [0.29, 0.717) is 12.1 Å². The first-order valence-electron chi connectivity index (χ1n) is 12.0. The van der Waals surface area contributed by atoms with Crippen molar-refractivity contribution in [2.45, 2.75) is 47.2 Å². The molecule has 3 unspecified atom stereocenters. The smallest absolute Gasteiger partial charge is 0.248 e. The van der Waals surface area contributed by atoms with Crippen LogP contribution in [0.4, 0.5) is 5.69 Å². The van der Waals surface area contributed by atoms with Crippen LogP contribution in [-0.4, -0.2) is 68.3 Å². The molecule has 3 fully saturated rings. The zero-order valence-electron chi connectivity index (χ0n) is 19.9. The van der Waals surface area contributed by atoms with E-state index >= 15 is 0 Å². The lowest BCUT2D eigenvalue weighted by Crippen LogP contribution is -2.56. The van der Waals surface area contributed by atoms with E-state index in [0.717, 1.165) is 10.8 Å². The van der Waals surface area contributed by atoms with E-state index < -0.39 is 28.7 Å². The normalized spacial score (nSPS) is 32.2. The van der Waals surface area contributed by atoms with Gasteiger partial charge in [0.15, 0.2) is 0 Å². The van der Waals surface area contributed by atoms with Crippen molar-refractivity contribution in [1.82, 2.24) is 10.2 Å². The van der Waals surface area contributed by atoms with Crippen LogP contribution in [0.15, 0.2) is 42.5 Å². The summed E-state index contributed by atoms with van der Waals surface area (Å²) in [5, 5.41) is 18.0. The zero-order valence-corrected chi connectivity index (χ0v) is 22.3. The van der Waals surface area contributed by atoms with E-state index in [-0.39, 0.29) is 40.3 Å². The molecular weight excluding hydrogens is 530 g/mol. The minimum atomic E-state index is -0.796. The van der Waals surface area contributed by atoms with Gasteiger partial charge >= 0.3 is 0 Å². The molecule has 7 nitrogen and oxygen atoms in total. The second kappa shape index (κ2) is 9.09. The van der Waals surface area contributed by atoms with Crippen molar-refractivity contribution < 1.29 is 19.5 Å². The summed E-state index contributed by atoms with van der Waals surface area (Å²) in [6.07, 6.45) is 0.606. The van der Waals surface area contributed by atoms with E-state index in [2.05, 4.69) is 26.6 Å². The highest BCUT2D eigenvalue weighted by atomic mass is 79.9. The van der Waals surface area contributed by atoms with Crippen LogP contribution in [-0.2, 0) is 14.4 Å². The van der Waals surface area contributed by atoms with Gasteiger partial charge in [-0.2, -0.15) is 0 Å². The van der Waals surface area contributed by atoms with Crippen LogP contribution in [0, 0.1) is 17.8 Å². The number of amides is 3. The summed E-state index contributed by atoms with van der Waals surface area (Å²) < 4.78 is -0.740. The Balaban J connectivity index is 1.57. The van der Waals surface area contributed by atoms with Crippen LogP contribution in [0.1, 0.15) is 20.3 Å². The highest BCUT2D eigenvalue weighted by Crippen LogP contribution is 2.68. The fraction of sp³-hybridized carbons (Fsp3) is 0.500. The molecule has 3 N–H and O–H groups in total. The number of aliphatic hydroxyl groups is 1. The number of alkyl halides is 1. The van der Waals surface area contributed by atoms with Crippen molar-refractivity contribution in [2.24, 2.45) is 17.8 Å². The van der Waals surface area contributed by atoms with Gasteiger partial charge in [0.2, 0.25) is 17.7 Å². The van der Waals surface area contributed by atoms with Gasteiger partial charge in [-0.25, -0.2) is 0 Å². The molecule has 0 aliphatic carbocycles. The number of carbonyl (C=O) groups excluding carboxylic acids is 3. The quantitative estimate of drug-likeness (QED) is 0.472. The van der Waals surface area contributed by atoms with Crippen LogP contribution in [0.25, 0.3) is 10.8 Å². The standard InChI is InChI=1S/C26H30BrN3O4S/c1-13(2)18(12-31)30-22(24(33)29-16-9-8-14-6-4-5-7-15(14)10-16)26-11-17(27)21(35-26)19(23(32)28-3)20(26)25(30)34/h4-10,13,17-22,31H,11-12H2,1-3H3,(H,28,32)(H,29,33)/t17?,18-,19-,20-,21-,22?,26?/m0/s1. The minimum absolute atomic E-state index is 0.0152. The predicted octanol–water partition coefficient (Wildman–Crippen LogP) is 3.01. The summed E-state index contributed by atoms with van der Waals surface area (Å²) in [5.41, 5.74) is 0.654. The highest BCUT2D eigenvalue weighted by molar-refractivity contribution is 9.09. The third-order valence-corrected chi connectivity index (χ3v) is 11.1. The Morgan fingerprint density at radius 1 is 1.20 bits per heavy atom. The van der Waals surface area contributed by atoms with Gasteiger partial charge in [-0.15, -0.1) is 11.8 Å². The Bertz CT molecular complexity index is 1190. The highest BCUT2D eigenvalue weighted by Gasteiger charge is 2.76. The van der Waals surface area contributed by atoms with Gasteiger partial charge in [0.1, 0.15) is 6.04 Å². The fourth-order valence-corrected chi connectivity index (χ4v) is 9.89. The van der Waals surface area contributed by atoms with E-state index in [1.807, 2.05) is 56.3 Å². The summed E-state index contributed by atoms with van der Waals surface area (Å²) in [7, 11) is 1.58. The number of hydrogen-bond donors (Lipinski definition) is 3. The summed E-state index contributed by atoms with van der Waals surface area (Å²) in [6, 6.07) is 12.4. The zero-order chi connectivity index (χ0) is 25.1. The van der Waals surface area contributed by atoms with Crippen LogP contribution >= 0.6 is 27.7 Å². The minimum Gasteiger partial charge on any atom is -0.394 e. The van der Waals surface area contributed by atoms with E-state index in [1.54, 1.807) is 23.7 Å². The lowest BCUT2D eigenvalue weighted by molar-refractivity contribution is -0.142. The molecule has 186 valence electrons. The molecule has 0 aromatic heterocycles. The molecule has 0 radical (unpaired) electrons. The molecule has 7 atom stereocenters. The number of nitrogens with zero attached hydrogens (tertiary/aromatic N) is 1. The van der Waals surface area contributed by atoms with E-state index in [9.17, 15) is 19.5 Å². The first-order chi connectivity index (χ1) is 16.7. The number of anilines is 1. The number of likely N-dealkylation sites (tertiary alicyclic amines) is 1. The van der Waals surface area contributed by atoms with Crippen LogP contribution in [0.5, 0.6) is 0 Å². The fourth-order valence-electron chi connectivity index (χ4n) is 6.29. The average molecular weight is 561 g/mol. The van der Waals surface area contributed by atoms with Gasteiger partial charge in [-0.3, -0.25) is 14.4 Å². The van der Waals surface area contributed by atoms with E-state index in [4.69, 9.17) is 0 Å². The summed E-state index contributed by atoms with van der Waals surface area (Å²) in [6.45, 7) is 3.63. The maximum absolute atomic E-state index is 14.0. The van der Waals surface area contributed by atoms with Gasteiger partial charge in [0, 0.05) is 22.8 Å². The molecule has 3 aliphatic rings. The Hall–Kier alpha value is -2.10. The molecule has 5 rings (SSSR count). The lowest BCUT2D eigenvalue weighted by atomic mass is 9.70. The van der Waals surface area contributed by atoms with Gasteiger partial charge in [-0.1, -0.05) is 60.1 Å². The number of halogens is 1. The monoisotopic (exact) mass is 559 g/mol. The second-order valence-corrected chi connectivity index (χ2v) is 12.8. The topological polar surface area (TPSA) is 98.7 Å². The number of hydrogen-bond acceptors (Lipinski definition) is 5. The molecule has 3 amide bonds. The van der Waals surface area contributed by atoms with E-state index in [1.165, 1.54) is 0 Å². The maximum Gasteiger partial charge on any atom is 0.248 e. The Morgan fingerprint density at radius 3 is 2.57 bits per heavy atom. The third-order valence-electron chi connectivity index (χ3n) is 7.86. The molecule has 3 heterocycles. The summed E-state index contributed by atoms with van der Waals surface area (Å²) in [5.74, 6) is -1.85. The van der Waals surface area contributed by atoms with Crippen molar-refractivity contribution in [3.05, 3.63) is 42.5 Å². The number of nitrogens with one attached hydrogen (secondary N) is 2.